The van der Waals surface area contributed by atoms with Gasteiger partial charge < -0.3 is 4.90 Å². The first kappa shape index (κ1) is 14.8. The third-order valence-electron chi connectivity index (χ3n) is 3.63. The summed E-state index contributed by atoms with van der Waals surface area (Å²) >= 11 is 11.9. The molecule has 21 heavy (non-hydrogen) atoms. The lowest BCUT2D eigenvalue weighted by Gasteiger charge is -2.31. The van der Waals surface area contributed by atoms with E-state index in [4.69, 9.17) is 23.2 Å². The number of hydrogen-bond acceptors (Lipinski definition) is 5. The highest BCUT2D eigenvalue weighted by Crippen LogP contribution is 2.27. The number of aromatic nitrogens is 2. The van der Waals surface area contributed by atoms with Gasteiger partial charge in [-0.25, -0.2) is 13.4 Å². The topological polar surface area (TPSA) is 63.2 Å². The second-order valence-electron chi connectivity index (χ2n) is 5.11. The van der Waals surface area contributed by atoms with Crippen molar-refractivity contribution in [3.8, 4) is 0 Å². The second kappa shape index (κ2) is 5.26. The van der Waals surface area contributed by atoms with E-state index in [2.05, 4.69) is 9.97 Å². The molecular weight excluding hydrogens is 333 g/mol. The molecule has 0 N–H and O–H groups in total. The number of rotatable bonds is 1. The number of nitrogens with zero attached hydrogens (tertiary/aromatic N) is 3. The van der Waals surface area contributed by atoms with Crippen molar-refractivity contribution in [1.82, 2.24) is 9.97 Å². The summed E-state index contributed by atoms with van der Waals surface area (Å²) in [6.07, 6.45) is 1.64. The average molecular weight is 346 g/mol. The fourth-order valence-electron chi connectivity index (χ4n) is 2.31. The fraction of sp³-hybridized carbons (Fsp3) is 0.385. The van der Waals surface area contributed by atoms with Crippen LogP contribution in [0.25, 0.3) is 11.0 Å². The van der Waals surface area contributed by atoms with Crippen LogP contribution in [0.2, 0.25) is 10.0 Å². The van der Waals surface area contributed by atoms with Crippen molar-refractivity contribution in [2.45, 2.75) is 12.2 Å². The SMILES string of the molecule is C[C@H]1CN(c2cnc3cc(Cl)c(Cl)cc3n2)CCS1(=O)=O. The summed E-state index contributed by atoms with van der Waals surface area (Å²) in [5.41, 5.74) is 1.30. The molecule has 1 saturated heterocycles. The molecule has 5 nitrogen and oxygen atoms in total. The lowest BCUT2D eigenvalue weighted by molar-refractivity contribution is 0.568. The number of benzene rings is 1. The summed E-state index contributed by atoms with van der Waals surface area (Å²) in [7, 11) is -2.99. The van der Waals surface area contributed by atoms with Crippen LogP contribution in [-0.4, -0.2) is 42.5 Å². The molecule has 1 aromatic heterocycles. The maximum Gasteiger partial charge on any atom is 0.156 e. The van der Waals surface area contributed by atoms with Gasteiger partial charge in [0.05, 0.1) is 38.3 Å². The monoisotopic (exact) mass is 345 g/mol. The van der Waals surface area contributed by atoms with Crippen molar-refractivity contribution in [1.29, 1.82) is 0 Å². The molecule has 1 atom stereocenters. The van der Waals surface area contributed by atoms with Crippen molar-refractivity contribution in [3.05, 3.63) is 28.4 Å². The smallest absolute Gasteiger partial charge is 0.156 e. The summed E-state index contributed by atoms with van der Waals surface area (Å²) in [4.78, 5) is 10.8. The van der Waals surface area contributed by atoms with Crippen molar-refractivity contribution in [2.24, 2.45) is 0 Å². The molecule has 0 saturated carbocycles. The highest BCUT2D eigenvalue weighted by atomic mass is 35.5. The van der Waals surface area contributed by atoms with Gasteiger partial charge in [-0.15, -0.1) is 0 Å². The maximum absolute atomic E-state index is 11.8. The van der Waals surface area contributed by atoms with Crippen LogP contribution < -0.4 is 4.90 Å². The minimum absolute atomic E-state index is 0.134. The number of halogens is 2. The minimum Gasteiger partial charge on any atom is -0.353 e. The van der Waals surface area contributed by atoms with Gasteiger partial charge in [0.25, 0.3) is 0 Å². The summed E-state index contributed by atoms with van der Waals surface area (Å²) in [5.74, 6) is 0.789. The quantitative estimate of drug-likeness (QED) is 0.794. The molecule has 1 fully saturated rings. The molecule has 3 rings (SSSR count). The van der Waals surface area contributed by atoms with Gasteiger partial charge in [0.15, 0.2) is 9.84 Å². The maximum atomic E-state index is 11.8. The van der Waals surface area contributed by atoms with Crippen LogP contribution in [0.1, 0.15) is 6.92 Å². The Balaban J connectivity index is 1.96. The molecule has 8 heteroatoms. The zero-order chi connectivity index (χ0) is 15.2. The minimum atomic E-state index is -2.99. The number of anilines is 1. The zero-order valence-electron chi connectivity index (χ0n) is 11.3. The molecule has 2 aromatic rings. The van der Waals surface area contributed by atoms with E-state index in [1.54, 1.807) is 25.3 Å². The Morgan fingerprint density at radius 1 is 1.24 bits per heavy atom. The summed E-state index contributed by atoms with van der Waals surface area (Å²) in [5, 5.41) is 0.451. The summed E-state index contributed by atoms with van der Waals surface area (Å²) < 4.78 is 23.5. The van der Waals surface area contributed by atoms with E-state index >= 15 is 0 Å². The number of fused-ring (bicyclic) bond motifs is 1. The van der Waals surface area contributed by atoms with Gasteiger partial charge in [-0.1, -0.05) is 23.2 Å². The molecule has 0 amide bonds. The van der Waals surface area contributed by atoms with Crippen molar-refractivity contribution in [2.75, 3.05) is 23.7 Å². The van der Waals surface area contributed by atoms with Crippen molar-refractivity contribution >= 4 is 49.9 Å². The van der Waals surface area contributed by atoms with Crippen LogP contribution in [0.4, 0.5) is 5.82 Å². The van der Waals surface area contributed by atoms with E-state index in [0.717, 1.165) is 0 Å². The van der Waals surface area contributed by atoms with Crippen LogP contribution in [0, 0.1) is 0 Å². The number of hydrogen-bond donors (Lipinski definition) is 0. The molecule has 1 aliphatic rings. The van der Waals surface area contributed by atoms with Gasteiger partial charge in [-0.05, 0) is 19.1 Å². The molecule has 0 aliphatic carbocycles. The Morgan fingerprint density at radius 2 is 1.90 bits per heavy atom. The van der Waals surface area contributed by atoms with Crippen LogP contribution >= 0.6 is 23.2 Å². The van der Waals surface area contributed by atoms with Gasteiger partial charge >= 0.3 is 0 Å². The Morgan fingerprint density at radius 3 is 2.57 bits per heavy atom. The van der Waals surface area contributed by atoms with Gasteiger partial charge in [0.1, 0.15) is 5.82 Å². The van der Waals surface area contributed by atoms with Gasteiger partial charge in [0, 0.05) is 13.1 Å². The van der Waals surface area contributed by atoms with E-state index in [-0.39, 0.29) is 5.75 Å². The summed E-state index contributed by atoms with van der Waals surface area (Å²) in [6, 6.07) is 3.33. The summed E-state index contributed by atoms with van der Waals surface area (Å²) in [6.45, 7) is 2.56. The molecular formula is C13H13Cl2N3O2S. The molecule has 0 bridgehead atoms. The standard InChI is InChI=1S/C13H13Cl2N3O2S/c1-8-7-18(2-3-21(8,19)20)13-6-16-11-4-9(14)10(15)5-12(11)17-13/h4-6,8H,2-3,7H2,1H3/t8-/m0/s1. The van der Waals surface area contributed by atoms with E-state index < -0.39 is 15.1 Å². The molecule has 0 radical (unpaired) electrons. The van der Waals surface area contributed by atoms with Crippen LogP contribution in [0.3, 0.4) is 0 Å². The molecule has 112 valence electrons. The first-order valence-electron chi connectivity index (χ1n) is 6.45. The van der Waals surface area contributed by atoms with Crippen LogP contribution in [0.15, 0.2) is 18.3 Å². The predicted octanol–water partition coefficient (Wildman–Crippen LogP) is 2.56. The lowest BCUT2D eigenvalue weighted by Crippen LogP contribution is -2.45. The first-order valence-corrected chi connectivity index (χ1v) is 8.92. The van der Waals surface area contributed by atoms with E-state index in [0.29, 0.717) is 40.0 Å². The van der Waals surface area contributed by atoms with E-state index in [9.17, 15) is 8.42 Å². The molecule has 1 aromatic carbocycles. The van der Waals surface area contributed by atoms with Gasteiger partial charge in [-0.3, -0.25) is 4.98 Å². The Kier molecular flexibility index (Phi) is 3.71. The average Bonchev–Trinajstić information content (AvgIpc) is 2.43. The highest BCUT2D eigenvalue weighted by molar-refractivity contribution is 7.92. The van der Waals surface area contributed by atoms with Crippen molar-refractivity contribution < 1.29 is 8.42 Å². The van der Waals surface area contributed by atoms with E-state index in [1.165, 1.54) is 0 Å². The molecule has 0 spiro atoms. The largest absolute Gasteiger partial charge is 0.353 e. The lowest BCUT2D eigenvalue weighted by atomic mass is 10.3. The Labute approximate surface area is 132 Å². The molecule has 1 aliphatic heterocycles. The molecule has 2 heterocycles. The highest BCUT2D eigenvalue weighted by Gasteiger charge is 2.30. The Bertz CT molecular complexity index is 810. The van der Waals surface area contributed by atoms with Crippen molar-refractivity contribution in [3.63, 3.8) is 0 Å². The fourth-order valence-corrected chi connectivity index (χ4v) is 3.91. The number of sulfone groups is 1. The van der Waals surface area contributed by atoms with Gasteiger partial charge in [-0.2, -0.15) is 0 Å². The Hall–Kier alpha value is -1.11. The zero-order valence-corrected chi connectivity index (χ0v) is 13.6. The van der Waals surface area contributed by atoms with Crippen LogP contribution in [-0.2, 0) is 9.84 Å². The van der Waals surface area contributed by atoms with Crippen LogP contribution in [0.5, 0.6) is 0 Å². The first-order chi connectivity index (χ1) is 9.87. The normalized spacial score (nSPS) is 21.7. The third-order valence-corrected chi connectivity index (χ3v) is 6.48. The predicted molar refractivity (Wildman–Crippen MR) is 85.0 cm³/mol. The van der Waals surface area contributed by atoms with Gasteiger partial charge in [0.2, 0.25) is 0 Å². The van der Waals surface area contributed by atoms with E-state index in [1.807, 2.05) is 4.90 Å². The second-order valence-corrected chi connectivity index (χ2v) is 8.46. The third kappa shape index (κ3) is 2.80. The molecule has 0 unspecified atom stereocenters.